The van der Waals surface area contributed by atoms with Crippen LogP contribution in [-0.2, 0) is 20.0 Å². The lowest BCUT2D eigenvalue weighted by molar-refractivity contribution is 0.390. The molecule has 2 atom stereocenters. The van der Waals surface area contributed by atoms with Gasteiger partial charge in [-0.15, -0.1) is 11.3 Å². The minimum Gasteiger partial charge on any atom is -0.309 e. The van der Waals surface area contributed by atoms with Crippen LogP contribution in [0.2, 0.25) is 0 Å². The van der Waals surface area contributed by atoms with Gasteiger partial charge in [-0.2, -0.15) is 5.10 Å². The molecule has 1 fully saturated rings. The molecule has 21 heavy (non-hydrogen) atoms. The molecule has 0 radical (unpaired) electrons. The molecule has 5 heteroatoms. The number of rotatable bonds is 5. The lowest BCUT2D eigenvalue weighted by Gasteiger charge is -2.21. The molecule has 0 saturated heterocycles. The first-order valence-electron chi connectivity index (χ1n) is 7.75. The number of aryl methyl sites for hydroxylation is 3. The van der Waals surface area contributed by atoms with Gasteiger partial charge < -0.3 is 5.32 Å². The molecule has 0 aromatic carbocycles. The van der Waals surface area contributed by atoms with Gasteiger partial charge in [-0.05, 0) is 45.1 Å². The van der Waals surface area contributed by atoms with Crippen LogP contribution in [-0.4, -0.2) is 20.8 Å². The zero-order chi connectivity index (χ0) is 14.8. The maximum Gasteiger partial charge on any atom is 0.0798 e. The third-order valence-electron chi connectivity index (χ3n) is 4.60. The van der Waals surface area contributed by atoms with Gasteiger partial charge >= 0.3 is 0 Å². The van der Waals surface area contributed by atoms with Crippen molar-refractivity contribution < 1.29 is 0 Å². The van der Waals surface area contributed by atoms with Crippen LogP contribution in [0, 0.1) is 19.8 Å². The molecule has 2 unspecified atom stereocenters. The summed E-state index contributed by atoms with van der Waals surface area (Å²) in [4.78, 5) is 5.70. The number of hydrogen-bond acceptors (Lipinski definition) is 4. The van der Waals surface area contributed by atoms with Crippen LogP contribution in [0.5, 0.6) is 0 Å². The van der Waals surface area contributed by atoms with Crippen molar-refractivity contribution in [3.8, 4) is 0 Å². The van der Waals surface area contributed by atoms with E-state index in [9.17, 15) is 0 Å². The number of nitrogens with one attached hydrogen (secondary N) is 1. The van der Waals surface area contributed by atoms with Crippen molar-refractivity contribution in [2.45, 2.75) is 52.1 Å². The Labute approximate surface area is 130 Å². The highest BCUT2D eigenvalue weighted by Gasteiger charge is 2.28. The van der Waals surface area contributed by atoms with E-state index in [1.54, 1.807) is 11.3 Å². The van der Waals surface area contributed by atoms with Crippen molar-refractivity contribution in [2.75, 3.05) is 0 Å². The molecule has 2 aromatic heterocycles. The highest BCUT2D eigenvalue weighted by atomic mass is 32.1. The van der Waals surface area contributed by atoms with Crippen molar-refractivity contribution in [2.24, 2.45) is 13.0 Å². The maximum absolute atomic E-state index is 4.47. The Balaban J connectivity index is 1.60. The molecule has 114 valence electrons. The minimum absolute atomic E-state index is 0.627. The fourth-order valence-corrected chi connectivity index (χ4v) is 4.12. The van der Waals surface area contributed by atoms with Crippen molar-refractivity contribution >= 4 is 11.3 Å². The lowest BCUT2D eigenvalue weighted by Crippen LogP contribution is -2.33. The smallest absolute Gasteiger partial charge is 0.0798 e. The van der Waals surface area contributed by atoms with Crippen molar-refractivity contribution in [1.29, 1.82) is 0 Å². The molecular weight excluding hydrogens is 280 g/mol. The van der Waals surface area contributed by atoms with Gasteiger partial charge in [0.15, 0.2) is 0 Å². The summed E-state index contributed by atoms with van der Waals surface area (Å²) in [5.41, 5.74) is 5.59. The van der Waals surface area contributed by atoms with E-state index in [1.807, 2.05) is 10.2 Å². The molecule has 0 bridgehead atoms. The maximum atomic E-state index is 4.47. The van der Waals surface area contributed by atoms with E-state index in [2.05, 4.69) is 42.4 Å². The van der Waals surface area contributed by atoms with Gasteiger partial charge in [0.2, 0.25) is 0 Å². The summed E-state index contributed by atoms with van der Waals surface area (Å²) in [6.07, 6.45) is 5.08. The summed E-state index contributed by atoms with van der Waals surface area (Å²) in [5.74, 6) is 0.730. The van der Waals surface area contributed by atoms with E-state index in [4.69, 9.17) is 0 Å². The Bertz CT molecular complexity index is 601. The van der Waals surface area contributed by atoms with E-state index >= 15 is 0 Å². The summed E-state index contributed by atoms with van der Waals surface area (Å²) in [7, 11) is 2.06. The second-order valence-corrected chi connectivity index (χ2v) is 7.08. The summed E-state index contributed by atoms with van der Waals surface area (Å²) >= 11 is 1.76. The summed E-state index contributed by atoms with van der Waals surface area (Å²) in [5, 5.41) is 8.23. The Morgan fingerprint density at radius 1 is 1.38 bits per heavy atom. The highest BCUT2D eigenvalue weighted by molar-refractivity contribution is 7.09. The van der Waals surface area contributed by atoms with Crippen molar-refractivity contribution in [3.05, 3.63) is 33.5 Å². The van der Waals surface area contributed by atoms with Gasteiger partial charge in [-0.25, -0.2) is 4.98 Å². The molecule has 1 saturated carbocycles. The van der Waals surface area contributed by atoms with E-state index in [1.165, 1.54) is 35.5 Å². The van der Waals surface area contributed by atoms with Crippen LogP contribution >= 0.6 is 11.3 Å². The highest BCUT2D eigenvalue weighted by Crippen LogP contribution is 2.29. The van der Waals surface area contributed by atoms with Crippen molar-refractivity contribution in [1.82, 2.24) is 20.1 Å². The predicted molar refractivity (Wildman–Crippen MR) is 86.5 cm³/mol. The third-order valence-corrected chi connectivity index (χ3v) is 5.53. The van der Waals surface area contributed by atoms with Crippen LogP contribution in [0.15, 0.2) is 11.6 Å². The van der Waals surface area contributed by atoms with Crippen LogP contribution < -0.4 is 5.32 Å². The van der Waals surface area contributed by atoms with Gasteiger partial charge in [-0.1, -0.05) is 6.42 Å². The minimum atomic E-state index is 0.627. The largest absolute Gasteiger partial charge is 0.309 e. The molecular formula is C16H24N4S. The average molecular weight is 304 g/mol. The predicted octanol–water partition coefficient (Wildman–Crippen LogP) is 2.99. The molecule has 2 heterocycles. The summed E-state index contributed by atoms with van der Waals surface area (Å²) < 4.78 is 2.04. The first-order chi connectivity index (χ1) is 10.1. The number of aromatic nitrogens is 3. The van der Waals surface area contributed by atoms with Gasteiger partial charge in [0, 0.05) is 30.2 Å². The van der Waals surface area contributed by atoms with E-state index in [-0.39, 0.29) is 0 Å². The number of nitrogens with zero attached hydrogens (tertiary/aromatic N) is 3. The standard InChI is InChI=1S/C16H24N4S/c1-11-7-14(20(3)19-11)8-13-5-4-6-15(13)17-9-16-12(2)18-10-21-16/h7,10,13,15,17H,4-6,8-9H2,1-3H3. The van der Waals surface area contributed by atoms with Gasteiger partial charge in [0.25, 0.3) is 0 Å². The molecule has 1 aliphatic carbocycles. The number of thiazole rings is 1. The molecule has 4 nitrogen and oxygen atoms in total. The molecule has 2 aromatic rings. The Hall–Kier alpha value is -1.20. The van der Waals surface area contributed by atoms with E-state index in [0.717, 1.165) is 24.6 Å². The molecule has 0 spiro atoms. The first kappa shape index (κ1) is 14.7. The molecule has 1 N–H and O–H groups in total. The second-order valence-electron chi connectivity index (χ2n) is 6.14. The fourth-order valence-electron chi connectivity index (χ4n) is 3.39. The zero-order valence-electron chi connectivity index (χ0n) is 13.1. The van der Waals surface area contributed by atoms with E-state index in [0.29, 0.717) is 6.04 Å². The molecule has 0 amide bonds. The van der Waals surface area contributed by atoms with Crippen molar-refractivity contribution in [3.63, 3.8) is 0 Å². The summed E-state index contributed by atoms with van der Waals surface area (Å²) in [6, 6.07) is 2.85. The molecule has 0 aliphatic heterocycles. The van der Waals surface area contributed by atoms with Crippen LogP contribution in [0.3, 0.4) is 0 Å². The number of hydrogen-bond donors (Lipinski definition) is 1. The molecule has 3 rings (SSSR count). The summed E-state index contributed by atoms with van der Waals surface area (Å²) in [6.45, 7) is 5.13. The second kappa shape index (κ2) is 6.28. The third kappa shape index (κ3) is 3.35. The molecule has 1 aliphatic rings. The topological polar surface area (TPSA) is 42.7 Å². The van der Waals surface area contributed by atoms with Gasteiger partial charge in [0.1, 0.15) is 0 Å². The Morgan fingerprint density at radius 2 is 2.24 bits per heavy atom. The first-order valence-corrected chi connectivity index (χ1v) is 8.63. The normalized spacial score (nSPS) is 22.0. The Morgan fingerprint density at radius 3 is 2.90 bits per heavy atom. The monoisotopic (exact) mass is 304 g/mol. The Kier molecular flexibility index (Phi) is 4.40. The lowest BCUT2D eigenvalue weighted by atomic mass is 9.97. The van der Waals surface area contributed by atoms with Crippen LogP contribution in [0.1, 0.15) is 41.2 Å². The fraction of sp³-hybridized carbons (Fsp3) is 0.625. The van der Waals surface area contributed by atoms with Gasteiger partial charge in [0.05, 0.1) is 16.9 Å². The van der Waals surface area contributed by atoms with Gasteiger partial charge in [-0.3, -0.25) is 4.68 Å². The van der Waals surface area contributed by atoms with Crippen LogP contribution in [0.25, 0.3) is 0 Å². The van der Waals surface area contributed by atoms with Crippen LogP contribution in [0.4, 0.5) is 0 Å². The quantitative estimate of drug-likeness (QED) is 0.923. The zero-order valence-corrected chi connectivity index (χ0v) is 13.9. The van der Waals surface area contributed by atoms with E-state index < -0.39 is 0 Å². The SMILES string of the molecule is Cc1cc(CC2CCCC2NCc2scnc2C)n(C)n1. The average Bonchev–Trinajstić information content (AvgIpc) is 3.11.